The number of halogens is 1. The van der Waals surface area contributed by atoms with Gasteiger partial charge in [0.25, 0.3) is 0 Å². The molecule has 1 unspecified atom stereocenters. The standard InChI is InChI=1S/C21H19BrN4O3/c1-29-12-14-11-24-21-17(6-8-19(27)28)25-20(16-4-2-3-9-23-16)15-10-13(22)5-7-18(15)26(14)21/h2-5,7,9-11,17H,6,8,12H2,1H3,(H,27,28). The molecule has 8 heteroatoms. The third-order valence-corrected chi connectivity index (χ3v) is 5.22. The van der Waals surface area contributed by atoms with Gasteiger partial charge in [-0.25, -0.2) is 4.98 Å². The van der Waals surface area contributed by atoms with Crippen molar-refractivity contribution >= 4 is 27.6 Å². The molecule has 0 saturated heterocycles. The lowest BCUT2D eigenvalue weighted by Crippen LogP contribution is -2.10. The van der Waals surface area contributed by atoms with Crippen LogP contribution < -0.4 is 0 Å². The molecule has 0 radical (unpaired) electrons. The van der Waals surface area contributed by atoms with Gasteiger partial charge in [0, 0.05) is 29.8 Å². The van der Waals surface area contributed by atoms with Gasteiger partial charge in [-0.15, -0.1) is 0 Å². The molecule has 1 atom stereocenters. The number of hydrogen-bond acceptors (Lipinski definition) is 5. The van der Waals surface area contributed by atoms with Crippen molar-refractivity contribution in [3.05, 3.63) is 76.0 Å². The molecule has 1 aromatic carbocycles. The molecular formula is C21H19BrN4O3. The predicted molar refractivity (Wildman–Crippen MR) is 111 cm³/mol. The lowest BCUT2D eigenvalue weighted by Gasteiger charge is -2.15. The van der Waals surface area contributed by atoms with E-state index in [0.29, 0.717) is 24.6 Å². The zero-order valence-electron chi connectivity index (χ0n) is 15.7. The normalized spacial score (nSPS) is 15.2. The predicted octanol–water partition coefficient (Wildman–Crippen LogP) is 3.93. The van der Waals surface area contributed by atoms with Crippen LogP contribution in [0.5, 0.6) is 0 Å². The number of ether oxygens (including phenoxy) is 1. The lowest BCUT2D eigenvalue weighted by molar-refractivity contribution is -0.137. The number of aliphatic imine (C=N–C) groups is 1. The first-order valence-corrected chi connectivity index (χ1v) is 9.94. The number of aromatic nitrogens is 3. The first kappa shape index (κ1) is 19.5. The average molecular weight is 455 g/mol. The quantitative estimate of drug-likeness (QED) is 0.609. The molecule has 0 saturated carbocycles. The molecule has 1 N–H and O–H groups in total. The van der Waals surface area contributed by atoms with Crippen molar-refractivity contribution in [2.75, 3.05) is 7.11 Å². The monoisotopic (exact) mass is 454 g/mol. The maximum Gasteiger partial charge on any atom is 0.303 e. The number of rotatable bonds is 6. The van der Waals surface area contributed by atoms with Crippen molar-refractivity contribution in [2.24, 2.45) is 4.99 Å². The molecular weight excluding hydrogens is 436 g/mol. The summed E-state index contributed by atoms with van der Waals surface area (Å²) in [6.07, 6.45) is 3.82. The molecule has 3 aromatic rings. The molecule has 0 fully saturated rings. The minimum atomic E-state index is -0.862. The van der Waals surface area contributed by atoms with Crippen molar-refractivity contribution in [3.63, 3.8) is 0 Å². The third-order valence-electron chi connectivity index (χ3n) is 4.73. The van der Waals surface area contributed by atoms with E-state index in [4.69, 9.17) is 9.73 Å². The van der Waals surface area contributed by atoms with Crippen LogP contribution in [0.25, 0.3) is 5.69 Å². The molecule has 1 aliphatic heterocycles. The Bertz CT molecular complexity index is 1080. The fraction of sp³-hybridized carbons (Fsp3) is 0.238. The highest BCUT2D eigenvalue weighted by atomic mass is 79.9. The van der Waals surface area contributed by atoms with E-state index >= 15 is 0 Å². The Morgan fingerprint density at radius 2 is 2.14 bits per heavy atom. The van der Waals surface area contributed by atoms with E-state index in [1.54, 1.807) is 19.5 Å². The summed E-state index contributed by atoms with van der Waals surface area (Å²) in [5, 5.41) is 9.23. The van der Waals surface area contributed by atoms with Crippen LogP contribution in [-0.2, 0) is 16.1 Å². The van der Waals surface area contributed by atoms with Crippen LogP contribution in [-0.4, -0.2) is 38.4 Å². The van der Waals surface area contributed by atoms with Crippen molar-refractivity contribution in [3.8, 4) is 5.69 Å². The van der Waals surface area contributed by atoms with Gasteiger partial charge >= 0.3 is 5.97 Å². The van der Waals surface area contributed by atoms with Gasteiger partial charge in [0.1, 0.15) is 11.9 Å². The molecule has 148 valence electrons. The fourth-order valence-corrected chi connectivity index (χ4v) is 3.86. The second kappa shape index (κ2) is 8.26. The summed E-state index contributed by atoms with van der Waals surface area (Å²) in [6, 6.07) is 11.2. The number of imidazole rings is 1. The first-order chi connectivity index (χ1) is 14.1. The van der Waals surface area contributed by atoms with E-state index in [2.05, 4.69) is 25.9 Å². The first-order valence-electron chi connectivity index (χ1n) is 9.15. The molecule has 29 heavy (non-hydrogen) atoms. The largest absolute Gasteiger partial charge is 0.481 e. The molecule has 0 aliphatic carbocycles. The number of nitrogens with zero attached hydrogens (tertiary/aromatic N) is 4. The third kappa shape index (κ3) is 3.86. The smallest absolute Gasteiger partial charge is 0.303 e. The minimum absolute atomic E-state index is 0.00379. The molecule has 1 aliphatic rings. The minimum Gasteiger partial charge on any atom is -0.481 e. The molecule has 0 bridgehead atoms. The number of carbonyl (C=O) groups is 1. The van der Waals surface area contributed by atoms with Gasteiger partial charge < -0.3 is 9.84 Å². The highest BCUT2D eigenvalue weighted by molar-refractivity contribution is 9.10. The van der Waals surface area contributed by atoms with E-state index in [0.717, 1.165) is 27.1 Å². The molecule has 7 nitrogen and oxygen atoms in total. The maximum atomic E-state index is 11.2. The number of benzene rings is 1. The zero-order valence-corrected chi connectivity index (χ0v) is 17.3. The van der Waals surface area contributed by atoms with Crippen molar-refractivity contribution < 1.29 is 14.6 Å². The van der Waals surface area contributed by atoms with Gasteiger partial charge in [-0.3, -0.25) is 19.3 Å². The molecule has 3 heterocycles. The summed E-state index contributed by atoms with van der Waals surface area (Å²) in [7, 11) is 1.64. The summed E-state index contributed by atoms with van der Waals surface area (Å²) in [5.74, 6) is -0.160. The van der Waals surface area contributed by atoms with Crippen LogP contribution in [0.15, 0.2) is 58.3 Å². The highest BCUT2D eigenvalue weighted by Crippen LogP contribution is 2.34. The molecule has 0 amide bonds. The van der Waals surface area contributed by atoms with Crippen LogP contribution in [0, 0.1) is 0 Å². The fourth-order valence-electron chi connectivity index (χ4n) is 3.50. The number of carboxylic acids is 1. The second-order valence-electron chi connectivity index (χ2n) is 6.68. The molecule has 2 aromatic heterocycles. The van der Waals surface area contributed by atoms with E-state index in [-0.39, 0.29) is 6.42 Å². The van der Waals surface area contributed by atoms with Gasteiger partial charge in [-0.2, -0.15) is 0 Å². The van der Waals surface area contributed by atoms with Gasteiger partial charge in [0.2, 0.25) is 0 Å². The zero-order chi connectivity index (χ0) is 20.4. The summed E-state index contributed by atoms with van der Waals surface area (Å²) in [6.45, 7) is 0.382. The van der Waals surface area contributed by atoms with Crippen molar-refractivity contribution in [2.45, 2.75) is 25.5 Å². The Morgan fingerprint density at radius 1 is 1.28 bits per heavy atom. The van der Waals surface area contributed by atoms with Gasteiger partial charge in [0.05, 0.1) is 35.6 Å². The Balaban J connectivity index is 1.97. The van der Waals surface area contributed by atoms with E-state index < -0.39 is 12.0 Å². The summed E-state index contributed by atoms with van der Waals surface area (Å²) in [4.78, 5) is 25.3. The number of methoxy groups -OCH3 is 1. The SMILES string of the molecule is COCc1cnc2n1-c1ccc(Br)cc1C(c1ccccn1)=NC2CCC(=O)O. The van der Waals surface area contributed by atoms with Crippen LogP contribution in [0.4, 0.5) is 0 Å². The average Bonchev–Trinajstić information content (AvgIpc) is 3.06. The number of pyridine rings is 1. The Hall–Kier alpha value is -2.84. The summed E-state index contributed by atoms with van der Waals surface area (Å²) < 4.78 is 8.30. The van der Waals surface area contributed by atoms with Crippen molar-refractivity contribution in [1.29, 1.82) is 0 Å². The van der Waals surface area contributed by atoms with Crippen LogP contribution in [0.2, 0.25) is 0 Å². The Labute approximate surface area is 176 Å². The van der Waals surface area contributed by atoms with Crippen LogP contribution in [0.1, 0.15) is 41.7 Å². The topological polar surface area (TPSA) is 89.6 Å². The van der Waals surface area contributed by atoms with Gasteiger partial charge in [-0.1, -0.05) is 22.0 Å². The van der Waals surface area contributed by atoms with E-state index in [1.807, 2.05) is 41.0 Å². The molecule has 0 spiro atoms. The van der Waals surface area contributed by atoms with Gasteiger partial charge in [-0.05, 0) is 36.8 Å². The number of aliphatic carboxylic acids is 1. The second-order valence-corrected chi connectivity index (χ2v) is 7.59. The van der Waals surface area contributed by atoms with Crippen LogP contribution >= 0.6 is 15.9 Å². The lowest BCUT2D eigenvalue weighted by atomic mass is 10.0. The Morgan fingerprint density at radius 3 is 2.86 bits per heavy atom. The number of hydrogen-bond donors (Lipinski definition) is 1. The maximum absolute atomic E-state index is 11.2. The number of fused-ring (bicyclic) bond motifs is 3. The summed E-state index contributed by atoms with van der Waals surface area (Å²) >= 11 is 3.56. The van der Waals surface area contributed by atoms with Gasteiger partial charge in [0.15, 0.2) is 0 Å². The highest BCUT2D eigenvalue weighted by Gasteiger charge is 2.28. The van der Waals surface area contributed by atoms with Crippen LogP contribution in [0.3, 0.4) is 0 Å². The Kier molecular flexibility index (Phi) is 5.55. The summed E-state index contributed by atoms with van der Waals surface area (Å²) in [5.41, 5.74) is 4.13. The van der Waals surface area contributed by atoms with Crippen molar-refractivity contribution in [1.82, 2.24) is 14.5 Å². The van der Waals surface area contributed by atoms with E-state index in [9.17, 15) is 9.90 Å². The number of carboxylic acid groups (broad SMARTS) is 1. The van der Waals surface area contributed by atoms with E-state index in [1.165, 1.54) is 0 Å². The molecule has 4 rings (SSSR count).